The third kappa shape index (κ3) is 2.63. The number of aromatic nitrogens is 4. The SMILES string of the molecule is CNc1snc(C)c1C(=O)NCc1nnc(C2CC2)n1C. The van der Waals surface area contributed by atoms with Crippen molar-refractivity contribution in [2.24, 2.45) is 7.05 Å². The first kappa shape index (κ1) is 14.0. The molecule has 2 heterocycles. The maximum absolute atomic E-state index is 12.3. The molecule has 0 radical (unpaired) electrons. The molecule has 2 aromatic rings. The highest BCUT2D eigenvalue weighted by Crippen LogP contribution is 2.38. The number of nitrogens with zero attached hydrogens (tertiary/aromatic N) is 4. The first-order chi connectivity index (χ1) is 10.1. The van der Waals surface area contributed by atoms with Crippen molar-refractivity contribution in [3.63, 3.8) is 0 Å². The Morgan fingerprint density at radius 1 is 1.43 bits per heavy atom. The summed E-state index contributed by atoms with van der Waals surface area (Å²) in [5.41, 5.74) is 1.34. The van der Waals surface area contributed by atoms with Crippen LogP contribution < -0.4 is 10.6 Å². The summed E-state index contributed by atoms with van der Waals surface area (Å²) in [6, 6.07) is 0. The number of nitrogens with one attached hydrogen (secondary N) is 2. The molecule has 0 saturated heterocycles. The number of amides is 1. The van der Waals surface area contributed by atoms with Crippen LogP contribution in [0.25, 0.3) is 0 Å². The molecule has 112 valence electrons. The molecule has 3 rings (SSSR count). The minimum absolute atomic E-state index is 0.137. The van der Waals surface area contributed by atoms with E-state index in [9.17, 15) is 4.79 Å². The van der Waals surface area contributed by atoms with Crippen LogP contribution in [0.15, 0.2) is 0 Å². The Balaban J connectivity index is 1.69. The smallest absolute Gasteiger partial charge is 0.256 e. The van der Waals surface area contributed by atoms with Crippen molar-refractivity contribution in [2.75, 3.05) is 12.4 Å². The molecular formula is C13H18N6OS. The minimum Gasteiger partial charge on any atom is -0.378 e. The largest absolute Gasteiger partial charge is 0.378 e. The molecule has 1 saturated carbocycles. The van der Waals surface area contributed by atoms with Crippen LogP contribution in [0.4, 0.5) is 5.00 Å². The lowest BCUT2D eigenvalue weighted by molar-refractivity contribution is 0.0950. The third-order valence-corrected chi connectivity index (χ3v) is 4.62. The normalized spacial score (nSPS) is 14.2. The van der Waals surface area contributed by atoms with Crippen molar-refractivity contribution < 1.29 is 4.79 Å². The van der Waals surface area contributed by atoms with Gasteiger partial charge in [-0.15, -0.1) is 10.2 Å². The molecule has 0 aromatic carbocycles. The van der Waals surface area contributed by atoms with Gasteiger partial charge in [-0.1, -0.05) is 0 Å². The molecule has 2 N–H and O–H groups in total. The third-order valence-electron chi connectivity index (χ3n) is 3.67. The second-order valence-electron chi connectivity index (χ2n) is 5.21. The lowest BCUT2D eigenvalue weighted by Crippen LogP contribution is -2.25. The van der Waals surface area contributed by atoms with E-state index in [4.69, 9.17) is 0 Å². The van der Waals surface area contributed by atoms with Gasteiger partial charge in [0, 0.05) is 20.0 Å². The topological polar surface area (TPSA) is 84.7 Å². The quantitative estimate of drug-likeness (QED) is 0.873. The number of carbonyl (C=O) groups is 1. The van der Waals surface area contributed by atoms with Gasteiger partial charge in [0.05, 0.1) is 17.8 Å². The molecule has 7 nitrogen and oxygen atoms in total. The average Bonchev–Trinajstić information content (AvgIpc) is 3.15. The lowest BCUT2D eigenvalue weighted by Gasteiger charge is -2.07. The van der Waals surface area contributed by atoms with Crippen molar-refractivity contribution in [3.05, 3.63) is 22.9 Å². The zero-order valence-corrected chi connectivity index (χ0v) is 13.1. The summed E-state index contributed by atoms with van der Waals surface area (Å²) < 4.78 is 6.18. The maximum atomic E-state index is 12.3. The molecule has 1 fully saturated rings. The molecule has 0 spiro atoms. The fraction of sp³-hybridized carbons (Fsp3) is 0.538. The van der Waals surface area contributed by atoms with Crippen LogP contribution in [-0.4, -0.2) is 32.1 Å². The van der Waals surface area contributed by atoms with Crippen molar-refractivity contribution in [2.45, 2.75) is 32.2 Å². The van der Waals surface area contributed by atoms with Gasteiger partial charge < -0.3 is 15.2 Å². The Morgan fingerprint density at radius 2 is 2.19 bits per heavy atom. The van der Waals surface area contributed by atoms with E-state index < -0.39 is 0 Å². The molecular weight excluding hydrogens is 288 g/mol. The zero-order valence-electron chi connectivity index (χ0n) is 12.3. The Hall–Kier alpha value is -1.96. The van der Waals surface area contributed by atoms with Crippen molar-refractivity contribution in [1.82, 2.24) is 24.5 Å². The lowest BCUT2D eigenvalue weighted by atomic mass is 10.2. The van der Waals surface area contributed by atoms with Gasteiger partial charge in [0.15, 0.2) is 5.82 Å². The van der Waals surface area contributed by atoms with Crippen LogP contribution in [-0.2, 0) is 13.6 Å². The fourth-order valence-corrected chi connectivity index (χ4v) is 3.02. The van der Waals surface area contributed by atoms with Gasteiger partial charge in [-0.3, -0.25) is 4.79 Å². The van der Waals surface area contributed by atoms with Crippen LogP contribution in [0.1, 0.15) is 46.5 Å². The van der Waals surface area contributed by atoms with Crippen LogP contribution >= 0.6 is 11.5 Å². The van der Waals surface area contributed by atoms with Gasteiger partial charge in [-0.25, -0.2) is 0 Å². The monoisotopic (exact) mass is 306 g/mol. The van der Waals surface area contributed by atoms with E-state index in [1.165, 1.54) is 24.4 Å². The van der Waals surface area contributed by atoms with E-state index in [-0.39, 0.29) is 5.91 Å². The summed E-state index contributed by atoms with van der Waals surface area (Å²) in [6.07, 6.45) is 2.37. The van der Waals surface area contributed by atoms with Crippen molar-refractivity contribution in [3.8, 4) is 0 Å². The van der Waals surface area contributed by atoms with Gasteiger partial charge in [0.1, 0.15) is 10.8 Å². The Bertz CT molecular complexity index is 672. The average molecular weight is 306 g/mol. The molecule has 1 amide bonds. The summed E-state index contributed by atoms with van der Waals surface area (Å²) in [5, 5.41) is 15.0. The fourth-order valence-electron chi connectivity index (χ4n) is 2.28. The number of aryl methyl sites for hydroxylation is 1. The Kier molecular flexibility index (Phi) is 3.62. The van der Waals surface area contributed by atoms with Crippen LogP contribution in [0.3, 0.4) is 0 Å². The van der Waals surface area contributed by atoms with E-state index in [0.717, 1.165) is 22.3 Å². The summed E-state index contributed by atoms with van der Waals surface area (Å²) in [4.78, 5) is 12.3. The highest BCUT2D eigenvalue weighted by molar-refractivity contribution is 7.10. The van der Waals surface area contributed by atoms with Crippen LogP contribution in [0.2, 0.25) is 0 Å². The Labute approximate surface area is 126 Å². The van der Waals surface area contributed by atoms with E-state index in [1.807, 2.05) is 18.5 Å². The standard InChI is InChI=1S/C13H18N6OS/c1-7-10(13(14-2)21-18-7)12(20)15-6-9-16-17-11(19(9)3)8-4-5-8/h8,14H,4-6H2,1-3H3,(H,15,20). The minimum atomic E-state index is -0.137. The first-order valence-electron chi connectivity index (χ1n) is 6.92. The predicted molar refractivity (Wildman–Crippen MR) is 80.5 cm³/mol. The molecule has 0 unspecified atom stereocenters. The van der Waals surface area contributed by atoms with Crippen LogP contribution in [0.5, 0.6) is 0 Å². The van der Waals surface area contributed by atoms with Crippen molar-refractivity contribution >= 4 is 22.4 Å². The van der Waals surface area contributed by atoms with Gasteiger partial charge >= 0.3 is 0 Å². The predicted octanol–water partition coefficient (Wildman–Crippen LogP) is 1.43. The van der Waals surface area contributed by atoms with Crippen molar-refractivity contribution in [1.29, 1.82) is 0 Å². The van der Waals surface area contributed by atoms with E-state index in [2.05, 4.69) is 25.2 Å². The molecule has 1 aliphatic carbocycles. The molecule has 1 aliphatic rings. The van der Waals surface area contributed by atoms with Gasteiger partial charge in [-0.2, -0.15) is 4.37 Å². The molecule has 0 bridgehead atoms. The molecule has 21 heavy (non-hydrogen) atoms. The summed E-state index contributed by atoms with van der Waals surface area (Å²) >= 11 is 1.29. The summed E-state index contributed by atoms with van der Waals surface area (Å²) in [7, 11) is 3.74. The highest BCUT2D eigenvalue weighted by atomic mass is 32.1. The van der Waals surface area contributed by atoms with E-state index in [1.54, 1.807) is 7.05 Å². The number of anilines is 1. The molecule has 0 aliphatic heterocycles. The van der Waals surface area contributed by atoms with E-state index >= 15 is 0 Å². The molecule has 8 heteroatoms. The summed E-state index contributed by atoms with van der Waals surface area (Å²) in [6.45, 7) is 2.20. The number of rotatable bonds is 5. The molecule has 0 atom stereocenters. The van der Waals surface area contributed by atoms with Gasteiger partial charge in [-0.05, 0) is 31.3 Å². The number of hydrogen-bond donors (Lipinski definition) is 2. The van der Waals surface area contributed by atoms with E-state index in [0.29, 0.717) is 18.0 Å². The number of carbonyl (C=O) groups excluding carboxylic acids is 1. The number of hydrogen-bond acceptors (Lipinski definition) is 6. The second kappa shape index (κ2) is 5.44. The second-order valence-corrected chi connectivity index (χ2v) is 5.99. The highest BCUT2D eigenvalue weighted by Gasteiger charge is 2.29. The van der Waals surface area contributed by atoms with Gasteiger partial charge in [0.2, 0.25) is 0 Å². The summed E-state index contributed by atoms with van der Waals surface area (Å²) in [5.74, 6) is 2.20. The first-order valence-corrected chi connectivity index (χ1v) is 7.69. The Morgan fingerprint density at radius 3 is 2.86 bits per heavy atom. The zero-order chi connectivity index (χ0) is 15.0. The molecule has 2 aromatic heterocycles. The van der Waals surface area contributed by atoms with Gasteiger partial charge in [0.25, 0.3) is 5.91 Å². The van der Waals surface area contributed by atoms with Crippen LogP contribution in [0, 0.1) is 6.92 Å². The maximum Gasteiger partial charge on any atom is 0.256 e.